The normalized spacial score (nSPS) is 10.6. The number of primary amides is 1. The summed E-state index contributed by atoms with van der Waals surface area (Å²) in [6.45, 7) is 5.86. The van der Waals surface area contributed by atoms with Gasteiger partial charge in [-0.05, 0) is 18.2 Å². The van der Waals surface area contributed by atoms with Gasteiger partial charge in [-0.3, -0.25) is 4.79 Å². The third-order valence-electron chi connectivity index (χ3n) is 2.24. The van der Waals surface area contributed by atoms with Crippen molar-refractivity contribution in [2.45, 2.75) is 19.9 Å². The van der Waals surface area contributed by atoms with Crippen LogP contribution in [0.5, 0.6) is 0 Å². The van der Waals surface area contributed by atoms with E-state index in [1.807, 2.05) is 0 Å². The van der Waals surface area contributed by atoms with Crippen molar-refractivity contribution in [2.75, 3.05) is 18.4 Å². The number of amides is 1. The van der Waals surface area contributed by atoms with Gasteiger partial charge in [0.25, 0.3) is 0 Å². The van der Waals surface area contributed by atoms with Gasteiger partial charge in [-0.2, -0.15) is 0 Å². The van der Waals surface area contributed by atoms with Crippen molar-refractivity contribution in [2.24, 2.45) is 5.73 Å². The lowest BCUT2D eigenvalue weighted by atomic mass is 10.2. The smallest absolute Gasteiger partial charge is 0.250 e. The van der Waals surface area contributed by atoms with Crippen LogP contribution in [-0.4, -0.2) is 25.0 Å². The highest BCUT2D eigenvalue weighted by Crippen LogP contribution is 2.20. The molecule has 0 radical (unpaired) electrons. The monoisotopic (exact) mass is 255 g/mol. The predicted molar refractivity (Wildman–Crippen MR) is 71.6 cm³/mol. The summed E-state index contributed by atoms with van der Waals surface area (Å²) in [6.07, 6.45) is 0. The molecular formula is C12H18ClN3O. The Hall–Kier alpha value is -1.26. The summed E-state index contributed by atoms with van der Waals surface area (Å²) in [6, 6.07) is 5.60. The Morgan fingerprint density at radius 2 is 2.12 bits per heavy atom. The summed E-state index contributed by atoms with van der Waals surface area (Å²) in [4.78, 5) is 11.0. The minimum atomic E-state index is -0.511. The second-order valence-electron chi connectivity index (χ2n) is 4.09. The second-order valence-corrected chi connectivity index (χ2v) is 4.50. The van der Waals surface area contributed by atoms with Gasteiger partial charge < -0.3 is 16.4 Å². The highest BCUT2D eigenvalue weighted by Gasteiger charge is 2.06. The zero-order valence-corrected chi connectivity index (χ0v) is 10.8. The van der Waals surface area contributed by atoms with Crippen LogP contribution < -0.4 is 16.4 Å². The molecule has 0 unspecified atom stereocenters. The fourth-order valence-corrected chi connectivity index (χ4v) is 1.67. The van der Waals surface area contributed by atoms with Gasteiger partial charge in [0.15, 0.2) is 0 Å². The third-order valence-corrected chi connectivity index (χ3v) is 2.55. The van der Waals surface area contributed by atoms with Gasteiger partial charge in [0.2, 0.25) is 5.91 Å². The van der Waals surface area contributed by atoms with E-state index in [4.69, 9.17) is 17.3 Å². The Labute approximate surface area is 107 Å². The number of hydrogen-bond donors (Lipinski definition) is 3. The van der Waals surface area contributed by atoms with Gasteiger partial charge in [-0.15, -0.1) is 0 Å². The molecule has 94 valence electrons. The van der Waals surface area contributed by atoms with Crippen molar-refractivity contribution in [3.05, 3.63) is 28.8 Å². The zero-order valence-electron chi connectivity index (χ0n) is 10.1. The van der Waals surface area contributed by atoms with Crippen molar-refractivity contribution in [1.29, 1.82) is 0 Å². The van der Waals surface area contributed by atoms with Crippen LogP contribution >= 0.6 is 11.6 Å². The maximum absolute atomic E-state index is 11.0. The summed E-state index contributed by atoms with van der Waals surface area (Å²) in [5, 5.41) is 6.87. The second kappa shape index (κ2) is 6.47. The Kier molecular flexibility index (Phi) is 5.25. The quantitative estimate of drug-likeness (QED) is 0.680. The van der Waals surface area contributed by atoms with Crippen LogP contribution in [-0.2, 0) is 0 Å². The zero-order chi connectivity index (χ0) is 12.8. The Morgan fingerprint density at radius 3 is 2.65 bits per heavy atom. The average molecular weight is 256 g/mol. The van der Waals surface area contributed by atoms with Crippen LogP contribution in [0.15, 0.2) is 18.2 Å². The molecule has 0 saturated heterocycles. The van der Waals surface area contributed by atoms with Crippen molar-refractivity contribution < 1.29 is 4.79 Å². The van der Waals surface area contributed by atoms with Crippen LogP contribution in [0.4, 0.5) is 5.69 Å². The molecule has 0 aromatic heterocycles. The molecule has 0 spiro atoms. The van der Waals surface area contributed by atoms with E-state index in [0.29, 0.717) is 16.6 Å². The first-order chi connectivity index (χ1) is 8.00. The highest BCUT2D eigenvalue weighted by molar-refractivity contribution is 6.34. The lowest BCUT2D eigenvalue weighted by Crippen LogP contribution is -2.28. The molecule has 0 atom stereocenters. The summed E-state index contributed by atoms with van der Waals surface area (Å²) >= 11 is 5.93. The third kappa shape index (κ3) is 4.63. The number of nitrogens with two attached hydrogens (primary N) is 1. The van der Waals surface area contributed by atoms with Crippen LogP contribution in [0, 0.1) is 0 Å². The van der Waals surface area contributed by atoms with Gasteiger partial charge in [0.05, 0.1) is 10.6 Å². The van der Waals surface area contributed by atoms with Crippen molar-refractivity contribution >= 4 is 23.2 Å². The minimum Gasteiger partial charge on any atom is -0.384 e. The van der Waals surface area contributed by atoms with Crippen molar-refractivity contribution in [3.8, 4) is 0 Å². The number of rotatable bonds is 6. The fourth-order valence-electron chi connectivity index (χ4n) is 1.39. The number of hydrogen-bond acceptors (Lipinski definition) is 3. The van der Waals surface area contributed by atoms with E-state index in [2.05, 4.69) is 24.5 Å². The van der Waals surface area contributed by atoms with Crippen molar-refractivity contribution in [1.82, 2.24) is 5.32 Å². The topological polar surface area (TPSA) is 67.2 Å². The molecule has 5 heteroatoms. The molecule has 1 amide bonds. The van der Waals surface area contributed by atoms with E-state index in [9.17, 15) is 4.79 Å². The number of nitrogens with one attached hydrogen (secondary N) is 2. The lowest BCUT2D eigenvalue weighted by Gasteiger charge is -2.10. The largest absolute Gasteiger partial charge is 0.384 e. The molecular weight excluding hydrogens is 238 g/mol. The van der Waals surface area contributed by atoms with E-state index >= 15 is 0 Å². The molecule has 0 aliphatic heterocycles. The maximum Gasteiger partial charge on any atom is 0.250 e. The van der Waals surface area contributed by atoms with E-state index in [1.165, 1.54) is 0 Å². The lowest BCUT2D eigenvalue weighted by molar-refractivity contribution is 0.100. The molecule has 17 heavy (non-hydrogen) atoms. The molecule has 1 aromatic rings. The van der Waals surface area contributed by atoms with E-state index in [-0.39, 0.29) is 0 Å². The molecule has 4 nitrogen and oxygen atoms in total. The molecule has 0 bridgehead atoms. The first-order valence-corrected chi connectivity index (χ1v) is 5.95. The maximum atomic E-state index is 11.0. The van der Waals surface area contributed by atoms with Gasteiger partial charge in [-0.1, -0.05) is 25.4 Å². The summed E-state index contributed by atoms with van der Waals surface area (Å²) < 4.78 is 0. The number of carbonyl (C=O) groups is 1. The van der Waals surface area contributed by atoms with E-state index in [0.717, 1.165) is 18.8 Å². The molecule has 1 aromatic carbocycles. The average Bonchev–Trinajstić information content (AvgIpc) is 2.23. The van der Waals surface area contributed by atoms with E-state index in [1.54, 1.807) is 18.2 Å². The van der Waals surface area contributed by atoms with Crippen LogP contribution in [0.2, 0.25) is 5.02 Å². The molecule has 0 saturated carbocycles. The van der Waals surface area contributed by atoms with Gasteiger partial charge in [0, 0.05) is 24.8 Å². The highest BCUT2D eigenvalue weighted by atomic mass is 35.5. The number of anilines is 1. The summed E-state index contributed by atoms with van der Waals surface area (Å²) in [7, 11) is 0. The van der Waals surface area contributed by atoms with Crippen molar-refractivity contribution in [3.63, 3.8) is 0 Å². The van der Waals surface area contributed by atoms with Crippen LogP contribution in [0.25, 0.3) is 0 Å². The number of carbonyl (C=O) groups excluding carboxylic acids is 1. The molecule has 0 heterocycles. The van der Waals surface area contributed by atoms with Gasteiger partial charge in [0.1, 0.15) is 0 Å². The number of benzene rings is 1. The van der Waals surface area contributed by atoms with Crippen LogP contribution in [0.1, 0.15) is 24.2 Å². The Bertz CT molecular complexity index is 393. The van der Waals surface area contributed by atoms with E-state index < -0.39 is 5.91 Å². The molecule has 4 N–H and O–H groups in total. The predicted octanol–water partition coefficient (Wildman–Crippen LogP) is 1.85. The molecule has 0 fully saturated rings. The van der Waals surface area contributed by atoms with Gasteiger partial charge >= 0.3 is 0 Å². The molecule has 1 rings (SSSR count). The molecule has 0 aliphatic rings. The summed E-state index contributed by atoms with van der Waals surface area (Å²) in [5.74, 6) is -0.511. The van der Waals surface area contributed by atoms with Crippen LogP contribution in [0.3, 0.4) is 0 Å². The Morgan fingerprint density at radius 1 is 1.41 bits per heavy atom. The molecule has 0 aliphatic carbocycles. The summed E-state index contributed by atoms with van der Waals surface area (Å²) in [5.41, 5.74) is 6.39. The first-order valence-electron chi connectivity index (χ1n) is 5.57. The Balaban J connectivity index is 2.50. The first kappa shape index (κ1) is 13.8. The van der Waals surface area contributed by atoms with Gasteiger partial charge in [-0.25, -0.2) is 0 Å². The minimum absolute atomic E-state index is 0.345. The standard InChI is InChI=1S/C12H18ClN3O/c1-8(2)15-5-6-16-9-3-4-10(12(14)17)11(13)7-9/h3-4,7-8,15-16H,5-6H2,1-2H3,(H2,14,17). The number of halogens is 1. The fraction of sp³-hybridized carbons (Fsp3) is 0.417. The SMILES string of the molecule is CC(C)NCCNc1ccc(C(N)=O)c(Cl)c1.